The number of aliphatic imine (C=N–C) groups is 1. The lowest BCUT2D eigenvalue weighted by atomic mass is 9.78. The van der Waals surface area contributed by atoms with Gasteiger partial charge in [-0.2, -0.15) is 0 Å². The molecule has 29 heavy (non-hydrogen) atoms. The Labute approximate surface area is 175 Å². The third-order valence-corrected chi connectivity index (χ3v) is 5.52. The van der Waals surface area contributed by atoms with Gasteiger partial charge in [0.25, 0.3) is 0 Å². The number of hydrogen-bond donors (Lipinski definition) is 2. The standard InChI is InChI=1S/C23H37N5O/c1-5-24-22(26-16-18-10-8-15-29-21(18)23(2,3)4)25-13-9-14-28-17-27-19-11-6-7-12-20(19)28/h6-7,11-12,17-18,21H,5,8-10,13-16H2,1-4H3,(H2,24,25,26). The van der Waals surface area contributed by atoms with Gasteiger partial charge in [0.05, 0.1) is 23.5 Å². The van der Waals surface area contributed by atoms with Gasteiger partial charge in [-0.1, -0.05) is 32.9 Å². The zero-order chi connectivity index (χ0) is 20.7. The number of aryl methyl sites for hydroxylation is 1. The van der Waals surface area contributed by atoms with Gasteiger partial charge < -0.3 is 19.9 Å². The fourth-order valence-electron chi connectivity index (χ4n) is 4.18. The Morgan fingerprint density at radius 2 is 2.10 bits per heavy atom. The van der Waals surface area contributed by atoms with Gasteiger partial charge in [0.1, 0.15) is 0 Å². The SMILES string of the molecule is CCNC(=NCC1CCCOC1C(C)(C)C)NCCCn1cnc2ccccc21. The summed E-state index contributed by atoms with van der Waals surface area (Å²) in [7, 11) is 0. The van der Waals surface area contributed by atoms with E-state index < -0.39 is 0 Å². The lowest BCUT2D eigenvalue weighted by Gasteiger charge is -2.39. The van der Waals surface area contributed by atoms with Crippen LogP contribution < -0.4 is 10.6 Å². The highest BCUT2D eigenvalue weighted by Crippen LogP contribution is 2.34. The maximum absolute atomic E-state index is 6.10. The van der Waals surface area contributed by atoms with Crippen molar-refractivity contribution in [3.05, 3.63) is 30.6 Å². The third kappa shape index (κ3) is 5.95. The van der Waals surface area contributed by atoms with E-state index in [0.717, 1.165) is 57.1 Å². The lowest BCUT2D eigenvalue weighted by molar-refractivity contribution is -0.0823. The summed E-state index contributed by atoms with van der Waals surface area (Å²) in [4.78, 5) is 9.35. The molecule has 160 valence electrons. The van der Waals surface area contributed by atoms with Crippen molar-refractivity contribution >= 4 is 17.0 Å². The number of rotatable bonds is 7. The van der Waals surface area contributed by atoms with Gasteiger partial charge in [0, 0.05) is 38.7 Å². The van der Waals surface area contributed by atoms with Crippen molar-refractivity contribution in [2.45, 2.75) is 59.6 Å². The highest BCUT2D eigenvalue weighted by Gasteiger charge is 2.35. The molecule has 0 bridgehead atoms. The van der Waals surface area contributed by atoms with E-state index in [0.29, 0.717) is 5.92 Å². The second-order valence-electron chi connectivity index (χ2n) is 8.99. The van der Waals surface area contributed by atoms with Crippen LogP contribution in [0.5, 0.6) is 0 Å². The molecule has 0 radical (unpaired) electrons. The zero-order valence-electron chi connectivity index (χ0n) is 18.4. The molecule has 6 nitrogen and oxygen atoms in total. The molecule has 3 rings (SSSR count). The van der Waals surface area contributed by atoms with E-state index in [-0.39, 0.29) is 11.5 Å². The van der Waals surface area contributed by atoms with E-state index in [1.807, 2.05) is 12.4 Å². The Morgan fingerprint density at radius 3 is 2.90 bits per heavy atom. The molecule has 1 aromatic heterocycles. The van der Waals surface area contributed by atoms with Crippen molar-refractivity contribution in [1.29, 1.82) is 0 Å². The molecule has 1 saturated heterocycles. The fourth-order valence-corrected chi connectivity index (χ4v) is 4.18. The number of imidazole rings is 1. The number of nitrogens with one attached hydrogen (secondary N) is 2. The number of para-hydroxylation sites is 2. The first-order valence-corrected chi connectivity index (χ1v) is 11.0. The van der Waals surface area contributed by atoms with Crippen molar-refractivity contribution in [3.63, 3.8) is 0 Å². The minimum atomic E-state index is 0.153. The topological polar surface area (TPSA) is 63.5 Å². The number of hydrogen-bond acceptors (Lipinski definition) is 3. The molecule has 1 aliphatic heterocycles. The van der Waals surface area contributed by atoms with Crippen LogP contribution in [0.1, 0.15) is 47.0 Å². The summed E-state index contributed by atoms with van der Waals surface area (Å²) in [5.41, 5.74) is 2.40. The summed E-state index contributed by atoms with van der Waals surface area (Å²) in [5.74, 6) is 1.39. The summed E-state index contributed by atoms with van der Waals surface area (Å²) in [6.07, 6.45) is 5.55. The molecule has 2 heterocycles. The molecule has 6 heteroatoms. The van der Waals surface area contributed by atoms with Crippen molar-refractivity contribution < 1.29 is 4.74 Å². The Bertz CT molecular complexity index is 792. The van der Waals surface area contributed by atoms with E-state index in [9.17, 15) is 0 Å². The van der Waals surface area contributed by atoms with Crippen LogP contribution >= 0.6 is 0 Å². The first-order chi connectivity index (χ1) is 14.0. The van der Waals surface area contributed by atoms with E-state index in [4.69, 9.17) is 9.73 Å². The van der Waals surface area contributed by atoms with E-state index in [2.05, 4.69) is 66.1 Å². The largest absolute Gasteiger partial charge is 0.377 e. The second-order valence-corrected chi connectivity index (χ2v) is 8.99. The van der Waals surface area contributed by atoms with Crippen LogP contribution in [0.4, 0.5) is 0 Å². The Balaban J connectivity index is 1.51. The van der Waals surface area contributed by atoms with Crippen molar-refractivity contribution in [1.82, 2.24) is 20.2 Å². The number of fused-ring (bicyclic) bond motifs is 1. The molecule has 2 N–H and O–H groups in total. The number of benzene rings is 1. The maximum Gasteiger partial charge on any atom is 0.191 e. The average Bonchev–Trinajstić information content (AvgIpc) is 3.12. The van der Waals surface area contributed by atoms with Crippen molar-refractivity contribution in [3.8, 4) is 0 Å². The second kappa shape index (κ2) is 10.1. The smallest absolute Gasteiger partial charge is 0.191 e. The van der Waals surface area contributed by atoms with Crippen LogP contribution in [0.15, 0.2) is 35.6 Å². The summed E-state index contributed by atoms with van der Waals surface area (Å²) >= 11 is 0. The molecule has 1 aromatic carbocycles. The molecule has 1 fully saturated rings. The van der Waals surface area contributed by atoms with Gasteiger partial charge in [-0.3, -0.25) is 4.99 Å². The van der Waals surface area contributed by atoms with Crippen molar-refractivity contribution in [2.75, 3.05) is 26.2 Å². The summed E-state index contributed by atoms with van der Waals surface area (Å²) in [5, 5.41) is 6.87. The van der Waals surface area contributed by atoms with Crippen LogP contribution in [0.2, 0.25) is 0 Å². The number of ether oxygens (including phenoxy) is 1. The van der Waals surface area contributed by atoms with Gasteiger partial charge in [0.15, 0.2) is 5.96 Å². The monoisotopic (exact) mass is 399 g/mol. The Morgan fingerprint density at radius 1 is 1.28 bits per heavy atom. The molecule has 1 aliphatic rings. The Hall–Kier alpha value is -2.08. The quantitative estimate of drug-likeness (QED) is 0.422. The molecule has 0 spiro atoms. The first kappa shape index (κ1) is 21.6. The maximum atomic E-state index is 6.10. The molecule has 2 atom stereocenters. The number of guanidine groups is 1. The van der Waals surface area contributed by atoms with E-state index in [1.54, 1.807) is 0 Å². The fraction of sp³-hybridized carbons (Fsp3) is 0.652. The van der Waals surface area contributed by atoms with Gasteiger partial charge in [-0.15, -0.1) is 0 Å². The zero-order valence-corrected chi connectivity index (χ0v) is 18.4. The van der Waals surface area contributed by atoms with Crippen LogP contribution in [0, 0.1) is 11.3 Å². The molecular formula is C23H37N5O. The van der Waals surface area contributed by atoms with Crippen LogP contribution in [-0.2, 0) is 11.3 Å². The third-order valence-electron chi connectivity index (χ3n) is 5.52. The van der Waals surface area contributed by atoms with Crippen molar-refractivity contribution in [2.24, 2.45) is 16.3 Å². The van der Waals surface area contributed by atoms with Crippen LogP contribution in [0.25, 0.3) is 11.0 Å². The molecular weight excluding hydrogens is 362 g/mol. The van der Waals surface area contributed by atoms with Gasteiger partial charge in [-0.25, -0.2) is 4.98 Å². The minimum Gasteiger partial charge on any atom is -0.377 e. The normalized spacial score (nSPS) is 20.8. The predicted octanol–water partition coefficient (Wildman–Crippen LogP) is 3.82. The number of nitrogens with zero attached hydrogens (tertiary/aromatic N) is 3. The summed E-state index contributed by atoms with van der Waals surface area (Å²) in [6.45, 7) is 13.3. The van der Waals surface area contributed by atoms with Gasteiger partial charge in [0.2, 0.25) is 0 Å². The van der Waals surface area contributed by atoms with E-state index >= 15 is 0 Å². The van der Waals surface area contributed by atoms with Gasteiger partial charge >= 0.3 is 0 Å². The molecule has 0 aliphatic carbocycles. The van der Waals surface area contributed by atoms with Gasteiger partial charge in [-0.05, 0) is 43.7 Å². The predicted molar refractivity (Wildman–Crippen MR) is 120 cm³/mol. The summed E-state index contributed by atoms with van der Waals surface area (Å²) < 4.78 is 8.32. The highest BCUT2D eigenvalue weighted by molar-refractivity contribution is 5.79. The minimum absolute atomic E-state index is 0.153. The highest BCUT2D eigenvalue weighted by atomic mass is 16.5. The van der Waals surface area contributed by atoms with E-state index in [1.165, 1.54) is 11.9 Å². The van der Waals surface area contributed by atoms with Crippen LogP contribution in [0.3, 0.4) is 0 Å². The Kier molecular flexibility index (Phi) is 7.53. The molecule has 2 unspecified atom stereocenters. The lowest BCUT2D eigenvalue weighted by Crippen LogP contribution is -2.43. The molecule has 2 aromatic rings. The molecule has 0 amide bonds. The number of aromatic nitrogens is 2. The average molecular weight is 400 g/mol. The first-order valence-electron chi connectivity index (χ1n) is 11.0. The van der Waals surface area contributed by atoms with Crippen LogP contribution in [-0.4, -0.2) is 47.9 Å². The molecule has 0 saturated carbocycles. The summed E-state index contributed by atoms with van der Waals surface area (Å²) in [6, 6.07) is 8.27.